The lowest BCUT2D eigenvalue weighted by Gasteiger charge is -2.29. The highest BCUT2D eigenvalue weighted by Crippen LogP contribution is 2.23. The predicted molar refractivity (Wildman–Crippen MR) is 83.2 cm³/mol. The standard InChI is InChI=1S/C16H27N3O/c1-4-17-9-15-10-18-13(2)8-16(15)19(3)11-14-6-5-7-20-12-14/h8,10,14,17H,4-7,9,11-12H2,1-3H3. The quantitative estimate of drug-likeness (QED) is 0.866. The van der Waals surface area contributed by atoms with Crippen molar-refractivity contribution in [2.75, 3.05) is 38.3 Å². The Morgan fingerprint density at radius 2 is 2.35 bits per heavy atom. The molecule has 112 valence electrons. The second-order valence-electron chi connectivity index (χ2n) is 5.70. The van der Waals surface area contributed by atoms with E-state index >= 15 is 0 Å². The van der Waals surface area contributed by atoms with E-state index in [2.05, 4.69) is 42.2 Å². The Labute approximate surface area is 122 Å². The van der Waals surface area contributed by atoms with Crippen molar-refractivity contribution in [1.29, 1.82) is 0 Å². The van der Waals surface area contributed by atoms with Crippen molar-refractivity contribution < 1.29 is 4.74 Å². The number of aryl methyl sites for hydroxylation is 1. The van der Waals surface area contributed by atoms with E-state index in [1.807, 2.05) is 6.20 Å². The highest BCUT2D eigenvalue weighted by Gasteiger charge is 2.17. The Balaban J connectivity index is 2.06. The number of pyridine rings is 1. The third-order valence-electron chi connectivity index (χ3n) is 3.86. The molecule has 1 aromatic rings. The second kappa shape index (κ2) is 7.60. The maximum atomic E-state index is 5.59. The molecule has 20 heavy (non-hydrogen) atoms. The molecule has 0 aliphatic carbocycles. The molecule has 2 heterocycles. The summed E-state index contributed by atoms with van der Waals surface area (Å²) in [7, 11) is 2.18. The summed E-state index contributed by atoms with van der Waals surface area (Å²) in [4.78, 5) is 6.79. The molecule has 0 aromatic carbocycles. The van der Waals surface area contributed by atoms with Crippen LogP contribution < -0.4 is 10.2 Å². The monoisotopic (exact) mass is 277 g/mol. The van der Waals surface area contributed by atoms with Crippen LogP contribution in [0, 0.1) is 12.8 Å². The van der Waals surface area contributed by atoms with Crippen molar-refractivity contribution in [3.05, 3.63) is 23.5 Å². The molecule has 0 bridgehead atoms. The van der Waals surface area contributed by atoms with Gasteiger partial charge in [-0.2, -0.15) is 0 Å². The van der Waals surface area contributed by atoms with Crippen LogP contribution in [0.5, 0.6) is 0 Å². The SMILES string of the molecule is CCNCc1cnc(C)cc1N(C)CC1CCCOC1. The summed E-state index contributed by atoms with van der Waals surface area (Å²) in [5.41, 5.74) is 3.65. The molecule has 0 spiro atoms. The molecule has 0 radical (unpaired) electrons. The lowest BCUT2D eigenvalue weighted by Crippen LogP contribution is -2.31. The van der Waals surface area contributed by atoms with E-state index < -0.39 is 0 Å². The summed E-state index contributed by atoms with van der Waals surface area (Å²) in [5.74, 6) is 0.647. The number of hydrogen-bond donors (Lipinski definition) is 1. The fraction of sp³-hybridized carbons (Fsp3) is 0.688. The number of ether oxygens (including phenoxy) is 1. The number of rotatable bonds is 6. The minimum absolute atomic E-state index is 0.647. The zero-order valence-corrected chi connectivity index (χ0v) is 13.0. The van der Waals surface area contributed by atoms with Crippen LogP contribution in [0.1, 0.15) is 31.0 Å². The molecule has 1 aliphatic heterocycles. The third kappa shape index (κ3) is 4.18. The van der Waals surface area contributed by atoms with E-state index in [9.17, 15) is 0 Å². The summed E-state index contributed by atoms with van der Waals surface area (Å²) < 4.78 is 5.59. The molecule has 1 N–H and O–H groups in total. The van der Waals surface area contributed by atoms with Crippen molar-refractivity contribution in [1.82, 2.24) is 10.3 Å². The molecule has 1 aliphatic rings. The smallest absolute Gasteiger partial charge is 0.0511 e. The first-order chi connectivity index (χ1) is 9.70. The van der Waals surface area contributed by atoms with Gasteiger partial charge in [-0.3, -0.25) is 4.98 Å². The van der Waals surface area contributed by atoms with E-state index in [1.165, 1.54) is 24.1 Å². The van der Waals surface area contributed by atoms with E-state index in [1.54, 1.807) is 0 Å². The molecule has 2 rings (SSSR count). The number of nitrogens with one attached hydrogen (secondary N) is 1. The van der Waals surface area contributed by atoms with Crippen LogP contribution in [0.4, 0.5) is 5.69 Å². The molecule has 4 heteroatoms. The largest absolute Gasteiger partial charge is 0.381 e. The van der Waals surface area contributed by atoms with Crippen LogP contribution in [0.15, 0.2) is 12.3 Å². The van der Waals surface area contributed by atoms with Crippen LogP contribution in [0.3, 0.4) is 0 Å². The van der Waals surface area contributed by atoms with Crippen LogP contribution in [0.2, 0.25) is 0 Å². The predicted octanol–water partition coefficient (Wildman–Crippen LogP) is 2.36. The van der Waals surface area contributed by atoms with Gasteiger partial charge in [0.2, 0.25) is 0 Å². The average molecular weight is 277 g/mol. The lowest BCUT2D eigenvalue weighted by molar-refractivity contribution is 0.0576. The van der Waals surface area contributed by atoms with E-state index in [4.69, 9.17) is 4.74 Å². The molecule has 1 saturated heterocycles. The van der Waals surface area contributed by atoms with Crippen molar-refractivity contribution in [2.24, 2.45) is 5.92 Å². The Hall–Kier alpha value is -1.13. The summed E-state index contributed by atoms with van der Waals surface area (Å²) in [6, 6.07) is 2.19. The second-order valence-corrected chi connectivity index (χ2v) is 5.70. The Morgan fingerprint density at radius 3 is 3.05 bits per heavy atom. The summed E-state index contributed by atoms with van der Waals surface area (Å²) in [6.07, 6.45) is 4.47. The van der Waals surface area contributed by atoms with Crippen LogP contribution >= 0.6 is 0 Å². The van der Waals surface area contributed by atoms with Gasteiger partial charge in [0, 0.05) is 49.9 Å². The van der Waals surface area contributed by atoms with Crippen molar-refractivity contribution in [3.63, 3.8) is 0 Å². The first kappa shape index (κ1) is 15.3. The number of anilines is 1. The van der Waals surface area contributed by atoms with E-state index in [0.717, 1.165) is 38.5 Å². The third-order valence-corrected chi connectivity index (χ3v) is 3.86. The Morgan fingerprint density at radius 1 is 1.50 bits per heavy atom. The maximum Gasteiger partial charge on any atom is 0.0511 e. The molecular formula is C16H27N3O. The molecule has 0 amide bonds. The van der Waals surface area contributed by atoms with Gasteiger partial charge >= 0.3 is 0 Å². The molecular weight excluding hydrogens is 250 g/mol. The van der Waals surface area contributed by atoms with Gasteiger partial charge in [-0.05, 0) is 38.3 Å². The van der Waals surface area contributed by atoms with Crippen LogP contribution in [-0.2, 0) is 11.3 Å². The van der Waals surface area contributed by atoms with Crippen LogP contribution in [0.25, 0.3) is 0 Å². The minimum atomic E-state index is 0.647. The molecule has 1 aromatic heterocycles. The molecule has 0 saturated carbocycles. The summed E-state index contributed by atoms with van der Waals surface area (Å²) in [6.45, 7) is 8.93. The van der Waals surface area contributed by atoms with Gasteiger partial charge in [-0.25, -0.2) is 0 Å². The van der Waals surface area contributed by atoms with Gasteiger partial charge in [0.1, 0.15) is 0 Å². The number of nitrogens with zero attached hydrogens (tertiary/aromatic N) is 2. The minimum Gasteiger partial charge on any atom is -0.381 e. The highest BCUT2D eigenvalue weighted by molar-refractivity contribution is 5.53. The average Bonchev–Trinajstić information content (AvgIpc) is 2.47. The van der Waals surface area contributed by atoms with Crippen molar-refractivity contribution in [2.45, 2.75) is 33.2 Å². The van der Waals surface area contributed by atoms with E-state index in [-0.39, 0.29) is 0 Å². The van der Waals surface area contributed by atoms with Crippen molar-refractivity contribution >= 4 is 5.69 Å². The molecule has 1 fully saturated rings. The highest BCUT2D eigenvalue weighted by atomic mass is 16.5. The van der Waals surface area contributed by atoms with E-state index in [0.29, 0.717) is 5.92 Å². The Kier molecular flexibility index (Phi) is 5.80. The van der Waals surface area contributed by atoms with Gasteiger partial charge in [-0.1, -0.05) is 6.92 Å². The number of hydrogen-bond acceptors (Lipinski definition) is 4. The van der Waals surface area contributed by atoms with Gasteiger partial charge < -0.3 is 15.0 Å². The van der Waals surface area contributed by atoms with Gasteiger partial charge in [0.25, 0.3) is 0 Å². The Bertz CT molecular complexity index is 416. The number of aromatic nitrogens is 1. The molecule has 1 unspecified atom stereocenters. The van der Waals surface area contributed by atoms with Gasteiger partial charge in [-0.15, -0.1) is 0 Å². The molecule has 4 nitrogen and oxygen atoms in total. The zero-order valence-electron chi connectivity index (χ0n) is 13.0. The van der Waals surface area contributed by atoms with Crippen molar-refractivity contribution in [3.8, 4) is 0 Å². The fourth-order valence-corrected chi connectivity index (χ4v) is 2.76. The summed E-state index contributed by atoms with van der Waals surface area (Å²) >= 11 is 0. The van der Waals surface area contributed by atoms with Crippen LogP contribution in [-0.4, -0.2) is 38.3 Å². The zero-order chi connectivity index (χ0) is 14.4. The lowest BCUT2D eigenvalue weighted by atomic mass is 10.0. The van der Waals surface area contributed by atoms with Gasteiger partial charge in [0.15, 0.2) is 0 Å². The molecule has 1 atom stereocenters. The topological polar surface area (TPSA) is 37.4 Å². The normalized spacial score (nSPS) is 19.1. The first-order valence-electron chi connectivity index (χ1n) is 7.65. The fourth-order valence-electron chi connectivity index (χ4n) is 2.76. The summed E-state index contributed by atoms with van der Waals surface area (Å²) in [5, 5.41) is 3.39. The maximum absolute atomic E-state index is 5.59. The first-order valence-corrected chi connectivity index (χ1v) is 7.65. The van der Waals surface area contributed by atoms with Gasteiger partial charge in [0.05, 0.1) is 6.61 Å².